The van der Waals surface area contributed by atoms with Crippen molar-refractivity contribution in [1.29, 1.82) is 0 Å². The van der Waals surface area contributed by atoms with E-state index in [1.54, 1.807) is 0 Å². The van der Waals surface area contributed by atoms with Crippen LogP contribution in [0.5, 0.6) is 0 Å². The second kappa shape index (κ2) is 14.3. The molecule has 1 unspecified atom stereocenters. The van der Waals surface area contributed by atoms with E-state index >= 15 is 0 Å². The molecule has 5 heteroatoms. The summed E-state index contributed by atoms with van der Waals surface area (Å²) in [5, 5.41) is 3.33. The third-order valence-electron chi connectivity index (χ3n) is 13.0. The molecule has 4 aliphatic rings. The van der Waals surface area contributed by atoms with E-state index < -0.39 is 6.04 Å². The number of hydrogen-bond acceptors (Lipinski definition) is 3. The Labute approximate surface area is 263 Å². The first-order valence-electron chi connectivity index (χ1n) is 17.3. The van der Waals surface area contributed by atoms with Crippen LogP contribution in [-0.2, 0) is 16.1 Å². The Bertz CT molecular complexity index is 1000. The molecule has 0 bridgehead atoms. The Morgan fingerprint density at radius 1 is 0.952 bits per heavy atom. The van der Waals surface area contributed by atoms with E-state index in [4.69, 9.17) is 10.5 Å². The van der Waals surface area contributed by atoms with Gasteiger partial charge in [0.2, 0.25) is 5.91 Å². The zero-order valence-corrected chi connectivity index (χ0v) is 28.1. The maximum Gasteiger partial charge on any atom is 0.239 e. The molecule has 3 N–H and O–H groups in total. The third-order valence-corrected chi connectivity index (χ3v) is 13.0. The van der Waals surface area contributed by atoms with Crippen LogP contribution in [0.15, 0.2) is 30.3 Å². The molecule has 5 rings (SSSR count). The number of nitrogens with two attached hydrogens (primary N) is 1. The summed E-state index contributed by atoms with van der Waals surface area (Å²) in [5.74, 6) is 6.05. The molecule has 1 aromatic rings. The van der Waals surface area contributed by atoms with Crippen molar-refractivity contribution in [3.8, 4) is 0 Å². The Morgan fingerprint density at radius 2 is 1.67 bits per heavy atom. The molecule has 238 valence electrons. The highest BCUT2D eigenvalue weighted by molar-refractivity contribution is 5.85. The fourth-order valence-electron chi connectivity index (χ4n) is 10.7. The second-order valence-corrected chi connectivity index (χ2v) is 15.8. The standard InChI is InChI=1S/C37H60N2O2.ClH/c1-25(2)10-9-11-26(3)31-16-17-32-30-15-14-28-22-29(18-20-36(28,4)33(30)19-21-37(31,32)5)39-35(40)34(38)24-41-23-27-12-7-6-8-13-27;/h6-8,12-13,25-26,28-34H,9-11,14-24,38H2,1-5H3,(H,39,40);1H/t26-,28?,29-,30+,31-,32+,33+,34+,36+,37-;/m1./s1. The van der Waals surface area contributed by atoms with Crippen molar-refractivity contribution >= 4 is 18.3 Å². The van der Waals surface area contributed by atoms with Gasteiger partial charge < -0.3 is 15.8 Å². The minimum atomic E-state index is -0.609. The molecule has 0 spiro atoms. The molecular formula is C37H61ClN2O2. The largest absolute Gasteiger partial charge is 0.375 e. The van der Waals surface area contributed by atoms with Gasteiger partial charge >= 0.3 is 0 Å². The van der Waals surface area contributed by atoms with E-state index in [1.165, 1.54) is 64.2 Å². The summed E-state index contributed by atoms with van der Waals surface area (Å²) >= 11 is 0. The van der Waals surface area contributed by atoms with E-state index in [9.17, 15) is 4.79 Å². The van der Waals surface area contributed by atoms with Crippen molar-refractivity contribution < 1.29 is 9.53 Å². The molecule has 1 aromatic carbocycles. The molecule has 10 atom stereocenters. The Morgan fingerprint density at radius 3 is 2.40 bits per heavy atom. The summed E-state index contributed by atoms with van der Waals surface area (Å²) in [5.41, 5.74) is 8.35. The van der Waals surface area contributed by atoms with Crippen molar-refractivity contribution in [2.45, 2.75) is 130 Å². The molecular weight excluding hydrogens is 540 g/mol. The number of rotatable bonds is 11. The lowest BCUT2D eigenvalue weighted by atomic mass is 9.44. The lowest BCUT2D eigenvalue weighted by Gasteiger charge is -2.61. The number of benzene rings is 1. The molecule has 4 saturated carbocycles. The van der Waals surface area contributed by atoms with Crippen molar-refractivity contribution in [2.75, 3.05) is 6.61 Å². The first kappa shape index (κ1) is 33.8. The van der Waals surface area contributed by atoms with Gasteiger partial charge in [0.25, 0.3) is 0 Å². The van der Waals surface area contributed by atoms with Crippen molar-refractivity contribution in [2.24, 2.45) is 58.0 Å². The molecule has 1 amide bonds. The van der Waals surface area contributed by atoms with Crippen molar-refractivity contribution in [3.05, 3.63) is 35.9 Å². The first-order valence-corrected chi connectivity index (χ1v) is 17.3. The van der Waals surface area contributed by atoms with Crippen molar-refractivity contribution in [3.63, 3.8) is 0 Å². The highest BCUT2D eigenvalue weighted by Crippen LogP contribution is 2.68. The quantitative estimate of drug-likeness (QED) is 0.267. The third kappa shape index (κ3) is 7.07. The average Bonchev–Trinajstić information content (AvgIpc) is 3.31. The van der Waals surface area contributed by atoms with E-state index in [2.05, 4.69) is 39.9 Å². The number of amides is 1. The second-order valence-electron chi connectivity index (χ2n) is 15.8. The number of hydrogen-bond donors (Lipinski definition) is 2. The molecule has 42 heavy (non-hydrogen) atoms. The Balaban J connectivity index is 0.00000405. The van der Waals surface area contributed by atoms with Gasteiger partial charge in [-0.3, -0.25) is 4.79 Å². The summed E-state index contributed by atoms with van der Waals surface area (Å²) in [6.45, 7) is 13.4. The van der Waals surface area contributed by atoms with Gasteiger partial charge in [-0.25, -0.2) is 0 Å². The topological polar surface area (TPSA) is 64.4 Å². The minimum absolute atomic E-state index is 0. The van der Waals surface area contributed by atoms with E-state index in [0.717, 1.165) is 59.8 Å². The zero-order valence-electron chi connectivity index (χ0n) is 27.3. The summed E-state index contributed by atoms with van der Waals surface area (Å²) < 4.78 is 5.76. The van der Waals surface area contributed by atoms with Gasteiger partial charge in [0, 0.05) is 6.04 Å². The first-order chi connectivity index (χ1) is 19.6. The lowest BCUT2D eigenvalue weighted by molar-refractivity contribution is -0.130. The number of halogens is 1. The van der Waals surface area contributed by atoms with Gasteiger partial charge in [-0.15, -0.1) is 12.4 Å². The van der Waals surface area contributed by atoms with Crippen LogP contribution in [0.1, 0.15) is 117 Å². The van der Waals surface area contributed by atoms with Crippen LogP contribution >= 0.6 is 12.4 Å². The smallest absolute Gasteiger partial charge is 0.239 e. The number of carbonyl (C=O) groups is 1. The summed E-state index contributed by atoms with van der Waals surface area (Å²) in [6, 6.07) is 9.72. The molecule has 0 aromatic heterocycles. The van der Waals surface area contributed by atoms with Gasteiger partial charge in [-0.05, 0) is 116 Å². The molecule has 0 radical (unpaired) electrons. The number of nitrogens with one attached hydrogen (secondary N) is 1. The van der Waals surface area contributed by atoms with E-state index in [-0.39, 0.29) is 31.0 Å². The van der Waals surface area contributed by atoms with Crippen LogP contribution in [-0.4, -0.2) is 24.6 Å². The van der Waals surface area contributed by atoms with Gasteiger partial charge in [0.15, 0.2) is 0 Å². The predicted octanol–water partition coefficient (Wildman–Crippen LogP) is 8.56. The molecule has 0 saturated heterocycles. The molecule has 0 heterocycles. The molecule has 0 aliphatic heterocycles. The van der Waals surface area contributed by atoms with Crippen LogP contribution < -0.4 is 11.1 Å². The van der Waals surface area contributed by atoms with E-state index in [1.807, 2.05) is 30.3 Å². The number of ether oxygens (including phenoxy) is 1. The van der Waals surface area contributed by atoms with Crippen molar-refractivity contribution in [1.82, 2.24) is 5.32 Å². The van der Waals surface area contributed by atoms with Gasteiger partial charge in [0.1, 0.15) is 6.04 Å². The lowest BCUT2D eigenvalue weighted by Crippen LogP contribution is -2.56. The fraction of sp³-hybridized carbons (Fsp3) is 0.811. The maximum absolute atomic E-state index is 13.0. The molecule has 4 fully saturated rings. The van der Waals surface area contributed by atoms with Gasteiger partial charge in [-0.2, -0.15) is 0 Å². The fourth-order valence-corrected chi connectivity index (χ4v) is 10.7. The Kier molecular flexibility index (Phi) is 11.5. The predicted molar refractivity (Wildman–Crippen MR) is 176 cm³/mol. The van der Waals surface area contributed by atoms with Crippen LogP contribution in [0.4, 0.5) is 0 Å². The minimum Gasteiger partial charge on any atom is -0.375 e. The number of fused-ring (bicyclic) bond motifs is 5. The van der Waals surface area contributed by atoms with Gasteiger partial charge in [-0.1, -0.05) is 84.2 Å². The zero-order chi connectivity index (χ0) is 29.2. The summed E-state index contributed by atoms with van der Waals surface area (Å²) in [6.07, 6.45) is 16.3. The highest BCUT2D eigenvalue weighted by atomic mass is 35.5. The summed E-state index contributed by atoms with van der Waals surface area (Å²) in [7, 11) is 0. The van der Waals surface area contributed by atoms with Crippen LogP contribution in [0.3, 0.4) is 0 Å². The van der Waals surface area contributed by atoms with Gasteiger partial charge in [0.05, 0.1) is 13.2 Å². The van der Waals surface area contributed by atoms with E-state index in [0.29, 0.717) is 17.4 Å². The summed E-state index contributed by atoms with van der Waals surface area (Å²) in [4.78, 5) is 13.0. The average molecular weight is 601 g/mol. The maximum atomic E-state index is 13.0. The SMILES string of the molecule is CC(C)CCC[C@@H](C)[C@H]1CC[C@H]2[C@@H]3CCC4C[C@H](NC(=O)[C@@H](N)COCc5ccccc5)CC[C@]4(C)[C@H]3CC[C@]12C.Cl. The van der Waals surface area contributed by atoms with Crippen LogP contribution in [0, 0.1) is 52.3 Å². The van der Waals surface area contributed by atoms with Crippen LogP contribution in [0.25, 0.3) is 0 Å². The van der Waals surface area contributed by atoms with Crippen LogP contribution in [0.2, 0.25) is 0 Å². The Hall–Kier alpha value is -1.10. The molecule has 4 nitrogen and oxygen atoms in total. The monoisotopic (exact) mass is 600 g/mol. The molecule has 4 aliphatic carbocycles. The normalized spacial score (nSPS) is 37.1. The highest BCUT2D eigenvalue weighted by Gasteiger charge is 2.60. The number of carbonyl (C=O) groups excluding carboxylic acids is 1.